The molecule has 1 unspecified atom stereocenters. The first-order chi connectivity index (χ1) is 7.93. The molecule has 0 radical (unpaired) electrons. The number of aromatic nitrogens is 1. The van der Waals surface area contributed by atoms with Crippen LogP contribution in [0.2, 0.25) is 0 Å². The Balaban J connectivity index is 2.66. The van der Waals surface area contributed by atoms with Crippen LogP contribution in [0, 0.1) is 5.92 Å². The molecule has 1 aromatic rings. The Hall–Kier alpha value is -1.30. The van der Waals surface area contributed by atoms with Crippen molar-refractivity contribution in [2.45, 2.75) is 33.2 Å². The highest BCUT2D eigenvalue weighted by Gasteiger charge is 2.17. The normalized spacial score (nSPS) is 12.5. The van der Waals surface area contributed by atoms with Gasteiger partial charge in [0.25, 0.3) is 5.91 Å². The summed E-state index contributed by atoms with van der Waals surface area (Å²) >= 11 is 1.27. The fourth-order valence-electron chi connectivity index (χ4n) is 1.66. The van der Waals surface area contributed by atoms with E-state index in [1.54, 1.807) is 7.05 Å². The van der Waals surface area contributed by atoms with Crippen molar-refractivity contribution in [3.8, 4) is 0 Å². The second kappa shape index (κ2) is 5.86. The van der Waals surface area contributed by atoms with Gasteiger partial charge in [-0.1, -0.05) is 25.2 Å². The molecule has 5 nitrogen and oxygen atoms in total. The van der Waals surface area contributed by atoms with E-state index >= 15 is 0 Å². The summed E-state index contributed by atoms with van der Waals surface area (Å²) < 4.78 is 0. The van der Waals surface area contributed by atoms with Crippen molar-refractivity contribution < 1.29 is 4.79 Å². The number of amides is 1. The summed E-state index contributed by atoms with van der Waals surface area (Å²) in [7, 11) is 1.75. The molecule has 4 N–H and O–H groups in total. The SMILES string of the molecule is CNc1nc(N)c(C(=O)NC(C)CC(C)C)s1. The zero-order valence-electron chi connectivity index (χ0n) is 10.7. The van der Waals surface area contributed by atoms with Crippen LogP contribution in [0.25, 0.3) is 0 Å². The van der Waals surface area contributed by atoms with Crippen molar-refractivity contribution in [1.82, 2.24) is 10.3 Å². The zero-order valence-corrected chi connectivity index (χ0v) is 11.5. The van der Waals surface area contributed by atoms with E-state index in [4.69, 9.17) is 5.73 Å². The first-order valence-electron chi connectivity index (χ1n) is 5.69. The maximum Gasteiger partial charge on any atom is 0.265 e. The lowest BCUT2D eigenvalue weighted by Gasteiger charge is -2.15. The van der Waals surface area contributed by atoms with Crippen molar-refractivity contribution in [1.29, 1.82) is 0 Å². The molecule has 0 saturated heterocycles. The van der Waals surface area contributed by atoms with E-state index < -0.39 is 0 Å². The van der Waals surface area contributed by atoms with Crippen LogP contribution in [0.5, 0.6) is 0 Å². The van der Waals surface area contributed by atoms with E-state index in [0.717, 1.165) is 6.42 Å². The summed E-state index contributed by atoms with van der Waals surface area (Å²) in [6.07, 6.45) is 0.948. The predicted molar refractivity (Wildman–Crippen MR) is 72.5 cm³/mol. The van der Waals surface area contributed by atoms with Gasteiger partial charge in [-0.3, -0.25) is 4.79 Å². The summed E-state index contributed by atoms with van der Waals surface area (Å²) in [5.41, 5.74) is 5.69. The number of nitrogen functional groups attached to an aromatic ring is 1. The van der Waals surface area contributed by atoms with E-state index in [0.29, 0.717) is 15.9 Å². The fourth-order valence-corrected chi connectivity index (χ4v) is 2.40. The maximum absolute atomic E-state index is 11.9. The third-order valence-corrected chi connectivity index (χ3v) is 3.36. The molecule has 1 rings (SSSR count). The number of nitrogens with one attached hydrogen (secondary N) is 2. The Labute approximate surface area is 106 Å². The largest absolute Gasteiger partial charge is 0.382 e. The van der Waals surface area contributed by atoms with Crippen LogP contribution in [0.3, 0.4) is 0 Å². The van der Waals surface area contributed by atoms with Crippen molar-refractivity contribution in [2.75, 3.05) is 18.1 Å². The van der Waals surface area contributed by atoms with Gasteiger partial charge in [0.1, 0.15) is 10.7 Å². The molecule has 0 aliphatic heterocycles. The van der Waals surface area contributed by atoms with Crippen molar-refractivity contribution in [2.24, 2.45) is 5.92 Å². The molecule has 0 bridgehead atoms. The summed E-state index contributed by atoms with van der Waals surface area (Å²) in [4.78, 5) is 16.5. The molecule has 1 atom stereocenters. The van der Waals surface area contributed by atoms with Gasteiger partial charge in [0.15, 0.2) is 5.13 Å². The topological polar surface area (TPSA) is 80.0 Å². The monoisotopic (exact) mass is 256 g/mol. The minimum absolute atomic E-state index is 0.141. The highest BCUT2D eigenvalue weighted by atomic mass is 32.1. The van der Waals surface area contributed by atoms with E-state index in [9.17, 15) is 4.79 Å². The average Bonchev–Trinajstić information content (AvgIpc) is 2.58. The van der Waals surface area contributed by atoms with Crippen molar-refractivity contribution >= 4 is 28.2 Å². The van der Waals surface area contributed by atoms with Crippen LogP contribution in [-0.4, -0.2) is 24.0 Å². The maximum atomic E-state index is 11.9. The first kappa shape index (κ1) is 13.8. The van der Waals surface area contributed by atoms with Gasteiger partial charge in [-0.2, -0.15) is 0 Å². The summed E-state index contributed by atoms with van der Waals surface area (Å²) in [5, 5.41) is 6.46. The molecule has 17 heavy (non-hydrogen) atoms. The highest BCUT2D eigenvalue weighted by molar-refractivity contribution is 7.18. The molecule has 6 heteroatoms. The second-order valence-electron chi connectivity index (χ2n) is 4.49. The number of nitrogens with zero attached hydrogens (tertiary/aromatic N) is 1. The molecule has 1 heterocycles. The van der Waals surface area contributed by atoms with Crippen LogP contribution >= 0.6 is 11.3 Å². The summed E-state index contributed by atoms with van der Waals surface area (Å²) in [5.74, 6) is 0.695. The molecule has 0 aromatic carbocycles. The Kier molecular flexibility index (Phi) is 4.74. The van der Waals surface area contributed by atoms with Crippen molar-refractivity contribution in [3.05, 3.63) is 4.88 Å². The van der Waals surface area contributed by atoms with Gasteiger partial charge >= 0.3 is 0 Å². The van der Waals surface area contributed by atoms with Crippen LogP contribution < -0.4 is 16.4 Å². The van der Waals surface area contributed by atoms with Crippen molar-refractivity contribution in [3.63, 3.8) is 0 Å². The number of anilines is 2. The Morgan fingerprint density at radius 3 is 2.59 bits per heavy atom. The number of hydrogen-bond donors (Lipinski definition) is 3. The molecule has 0 spiro atoms. The molecule has 1 amide bonds. The molecule has 0 aliphatic rings. The van der Waals surface area contributed by atoms with Crippen LogP contribution in [-0.2, 0) is 0 Å². The molecule has 0 saturated carbocycles. The predicted octanol–water partition coefficient (Wildman–Crippen LogP) is 1.93. The van der Waals surface area contributed by atoms with Gasteiger partial charge in [0.05, 0.1) is 0 Å². The van der Waals surface area contributed by atoms with E-state index in [2.05, 4.69) is 29.5 Å². The number of carbonyl (C=O) groups is 1. The standard InChI is InChI=1S/C11H20N4OS/c1-6(2)5-7(3)14-10(16)8-9(12)15-11(13-4)17-8/h6-7H,5,12H2,1-4H3,(H,13,15)(H,14,16). The summed E-state index contributed by atoms with van der Waals surface area (Å²) in [6, 6.07) is 0.141. The van der Waals surface area contributed by atoms with Gasteiger partial charge in [-0.15, -0.1) is 0 Å². The van der Waals surface area contributed by atoms with E-state index in [1.807, 2.05) is 6.92 Å². The Morgan fingerprint density at radius 2 is 2.12 bits per heavy atom. The lowest BCUT2D eigenvalue weighted by atomic mass is 10.1. The van der Waals surface area contributed by atoms with Gasteiger partial charge in [0, 0.05) is 13.1 Å². The van der Waals surface area contributed by atoms with Crippen LogP contribution in [0.15, 0.2) is 0 Å². The molecule has 96 valence electrons. The second-order valence-corrected chi connectivity index (χ2v) is 5.49. The lowest BCUT2D eigenvalue weighted by Crippen LogP contribution is -2.33. The number of rotatable bonds is 5. The number of hydrogen-bond acceptors (Lipinski definition) is 5. The van der Waals surface area contributed by atoms with Gasteiger partial charge < -0.3 is 16.4 Å². The van der Waals surface area contributed by atoms with Gasteiger partial charge in [0.2, 0.25) is 0 Å². The number of thiazole rings is 1. The van der Waals surface area contributed by atoms with Gasteiger partial charge in [-0.05, 0) is 19.3 Å². The summed E-state index contributed by atoms with van der Waals surface area (Å²) in [6.45, 7) is 6.25. The fraction of sp³-hybridized carbons (Fsp3) is 0.636. The minimum Gasteiger partial charge on any atom is -0.382 e. The lowest BCUT2D eigenvalue weighted by molar-refractivity contribution is 0.0941. The molecular formula is C11H20N4OS. The third kappa shape index (κ3) is 3.89. The quantitative estimate of drug-likeness (QED) is 0.752. The van der Waals surface area contributed by atoms with Gasteiger partial charge in [-0.25, -0.2) is 4.98 Å². The van der Waals surface area contributed by atoms with E-state index in [-0.39, 0.29) is 17.8 Å². The molecule has 1 aromatic heterocycles. The molecule has 0 aliphatic carbocycles. The van der Waals surface area contributed by atoms with Crippen LogP contribution in [0.1, 0.15) is 36.9 Å². The average molecular weight is 256 g/mol. The smallest absolute Gasteiger partial charge is 0.265 e. The minimum atomic E-state index is -0.144. The van der Waals surface area contributed by atoms with Crippen LogP contribution in [0.4, 0.5) is 10.9 Å². The molecular weight excluding hydrogens is 236 g/mol. The molecule has 0 fully saturated rings. The first-order valence-corrected chi connectivity index (χ1v) is 6.50. The number of carbonyl (C=O) groups excluding carboxylic acids is 1. The Morgan fingerprint density at radius 1 is 1.47 bits per heavy atom. The zero-order chi connectivity index (χ0) is 13.0. The Bertz CT molecular complexity index is 389. The highest BCUT2D eigenvalue weighted by Crippen LogP contribution is 2.24. The third-order valence-electron chi connectivity index (χ3n) is 2.28. The van der Waals surface area contributed by atoms with E-state index in [1.165, 1.54) is 11.3 Å². The number of nitrogens with two attached hydrogens (primary N) is 1.